The molecule has 106 valence electrons. The van der Waals surface area contributed by atoms with E-state index in [0.717, 1.165) is 28.8 Å². The van der Waals surface area contributed by atoms with E-state index in [-0.39, 0.29) is 5.54 Å². The summed E-state index contributed by atoms with van der Waals surface area (Å²) in [7, 11) is 0. The largest absolute Gasteiger partial charge is 0.488 e. The Balaban J connectivity index is 1.90. The lowest BCUT2D eigenvalue weighted by Crippen LogP contribution is -2.37. The van der Waals surface area contributed by atoms with E-state index in [1.165, 1.54) is 0 Å². The summed E-state index contributed by atoms with van der Waals surface area (Å²) < 4.78 is 5.74. The Labute approximate surface area is 120 Å². The molecule has 20 heavy (non-hydrogen) atoms. The van der Waals surface area contributed by atoms with Gasteiger partial charge in [0.05, 0.1) is 11.7 Å². The molecular weight excluding hydrogens is 248 g/mol. The molecule has 0 atom stereocenters. The minimum absolute atomic E-state index is 0.0907. The average molecular weight is 270 g/mol. The van der Waals surface area contributed by atoms with Crippen molar-refractivity contribution in [3.63, 3.8) is 0 Å². The number of hydrogen-bond donors (Lipinski definition) is 1. The molecule has 2 rings (SSSR count). The molecule has 1 aromatic carbocycles. The molecular formula is C17H22N2O. The quantitative estimate of drug-likeness (QED) is 0.844. The zero-order chi connectivity index (χ0) is 14.6. The van der Waals surface area contributed by atoms with Crippen molar-refractivity contribution >= 4 is 10.9 Å². The summed E-state index contributed by atoms with van der Waals surface area (Å²) in [5.74, 6) is 0.778. The predicted molar refractivity (Wildman–Crippen MR) is 84.1 cm³/mol. The Morgan fingerprint density at radius 2 is 2.05 bits per heavy atom. The molecule has 0 spiro atoms. The van der Waals surface area contributed by atoms with Crippen molar-refractivity contribution < 1.29 is 4.74 Å². The van der Waals surface area contributed by atoms with Crippen molar-refractivity contribution in [2.24, 2.45) is 0 Å². The van der Waals surface area contributed by atoms with Crippen molar-refractivity contribution in [2.75, 3.05) is 13.2 Å². The number of hydrogen-bond acceptors (Lipinski definition) is 3. The maximum atomic E-state index is 5.74. The van der Waals surface area contributed by atoms with Crippen LogP contribution in [0.3, 0.4) is 0 Å². The third-order valence-corrected chi connectivity index (χ3v) is 2.88. The molecule has 0 aliphatic carbocycles. The van der Waals surface area contributed by atoms with Crippen LogP contribution in [-0.2, 0) is 0 Å². The average Bonchev–Trinajstić information content (AvgIpc) is 2.42. The molecule has 0 aliphatic rings. The second-order valence-electron chi connectivity index (χ2n) is 6.01. The minimum atomic E-state index is 0.0907. The Kier molecular flexibility index (Phi) is 4.40. The predicted octanol–water partition coefficient (Wildman–Crippen LogP) is 3.56. The third-order valence-electron chi connectivity index (χ3n) is 2.88. The van der Waals surface area contributed by atoms with Gasteiger partial charge < -0.3 is 10.1 Å². The summed E-state index contributed by atoms with van der Waals surface area (Å²) in [5.41, 5.74) is 2.09. The first-order chi connectivity index (χ1) is 9.44. The zero-order valence-electron chi connectivity index (χ0n) is 12.4. The van der Waals surface area contributed by atoms with Gasteiger partial charge in [0.15, 0.2) is 0 Å². The van der Waals surface area contributed by atoms with E-state index in [1.807, 2.05) is 30.3 Å². The van der Waals surface area contributed by atoms with Crippen molar-refractivity contribution in [2.45, 2.75) is 26.3 Å². The number of rotatable bonds is 5. The number of ether oxygens (including phenoxy) is 1. The summed E-state index contributed by atoms with van der Waals surface area (Å²) >= 11 is 0. The smallest absolute Gasteiger partial charge is 0.138 e. The summed E-state index contributed by atoms with van der Waals surface area (Å²) in [6.07, 6.45) is 1.76. The van der Waals surface area contributed by atoms with E-state index in [4.69, 9.17) is 4.74 Å². The summed E-state index contributed by atoms with van der Waals surface area (Å²) in [6.45, 7) is 11.7. The SMILES string of the molecule is C=C(CNC(C)(C)C)COc1cnc2ccccc2c1. The first-order valence-corrected chi connectivity index (χ1v) is 6.83. The number of nitrogens with one attached hydrogen (secondary N) is 1. The van der Waals surface area contributed by atoms with Gasteiger partial charge in [-0.25, -0.2) is 0 Å². The van der Waals surface area contributed by atoms with Crippen LogP contribution in [0.1, 0.15) is 20.8 Å². The molecule has 0 amide bonds. The molecule has 1 heterocycles. The minimum Gasteiger partial charge on any atom is -0.488 e. The number of aromatic nitrogens is 1. The van der Waals surface area contributed by atoms with Crippen LogP contribution in [0, 0.1) is 0 Å². The lowest BCUT2D eigenvalue weighted by atomic mass is 10.1. The zero-order valence-corrected chi connectivity index (χ0v) is 12.4. The molecule has 0 bridgehead atoms. The highest BCUT2D eigenvalue weighted by molar-refractivity contribution is 5.79. The molecule has 0 fully saturated rings. The van der Waals surface area contributed by atoms with Gasteiger partial charge in [-0.1, -0.05) is 24.8 Å². The Morgan fingerprint density at radius 3 is 2.80 bits per heavy atom. The van der Waals surface area contributed by atoms with Crippen LogP contribution in [-0.4, -0.2) is 23.7 Å². The molecule has 1 aromatic heterocycles. The fraction of sp³-hybridized carbons (Fsp3) is 0.353. The second kappa shape index (κ2) is 6.06. The summed E-state index contributed by atoms with van der Waals surface area (Å²) in [4.78, 5) is 4.37. The third kappa shape index (κ3) is 4.35. The van der Waals surface area contributed by atoms with Crippen molar-refractivity contribution in [1.29, 1.82) is 0 Å². The molecule has 0 saturated heterocycles. The Morgan fingerprint density at radius 1 is 1.30 bits per heavy atom. The molecule has 0 aliphatic heterocycles. The van der Waals surface area contributed by atoms with Crippen LogP contribution < -0.4 is 10.1 Å². The van der Waals surface area contributed by atoms with Gasteiger partial charge >= 0.3 is 0 Å². The first-order valence-electron chi connectivity index (χ1n) is 6.83. The molecule has 0 radical (unpaired) electrons. The van der Waals surface area contributed by atoms with Gasteiger partial charge in [0.2, 0.25) is 0 Å². The fourth-order valence-electron chi connectivity index (χ4n) is 1.76. The highest BCUT2D eigenvalue weighted by Crippen LogP contribution is 2.18. The van der Waals surface area contributed by atoms with Crippen LogP contribution >= 0.6 is 0 Å². The van der Waals surface area contributed by atoms with Crippen molar-refractivity contribution in [1.82, 2.24) is 10.3 Å². The van der Waals surface area contributed by atoms with E-state index in [9.17, 15) is 0 Å². The summed E-state index contributed by atoms with van der Waals surface area (Å²) in [5, 5.41) is 4.48. The molecule has 2 aromatic rings. The van der Waals surface area contributed by atoms with E-state index < -0.39 is 0 Å². The molecule has 3 nitrogen and oxygen atoms in total. The second-order valence-corrected chi connectivity index (χ2v) is 6.01. The topological polar surface area (TPSA) is 34.1 Å². The monoisotopic (exact) mass is 270 g/mol. The van der Waals surface area contributed by atoms with Crippen LogP contribution in [0.5, 0.6) is 5.75 Å². The van der Waals surface area contributed by atoms with Crippen molar-refractivity contribution in [3.05, 3.63) is 48.7 Å². The maximum absolute atomic E-state index is 5.74. The van der Waals surface area contributed by atoms with Crippen LogP contribution in [0.25, 0.3) is 10.9 Å². The van der Waals surface area contributed by atoms with Crippen LogP contribution in [0.15, 0.2) is 48.7 Å². The first kappa shape index (κ1) is 14.5. The van der Waals surface area contributed by atoms with Crippen LogP contribution in [0.2, 0.25) is 0 Å². The van der Waals surface area contributed by atoms with Gasteiger partial charge in [-0.3, -0.25) is 4.98 Å². The Hall–Kier alpha value is -1.87. The van der Waals surface area contributed by atoms with Gasteiger partial charge in [0.1, 0.15) is 12.4 Å². The normalized spacial score (nSPS) is 11.6. The number of benzene rings is 1. The van der Waals surface area contributed by atoms with E-state index in [1.54, 1.807) is 6.20 Å². The number of para-hydroxylation sites is 1. The summed E-state index contributed by atoms with van der Waals surface area (Å²) in [6, 6.07) is 10.0. The highest BCUT2D eigenvalue weighted by Gasteiger charge is 2.09. The van der Waals surface area contributed by atoms with E-state index in [0.29, 0.717) is 6.61 Å². The molecule has 0 unspecified atom stereocenters. The lowest BCUT2D eigenvalue weighted by molar-refractivity contribution is 0.341. The van der Waals surface area contributed by atoms with Crippen LogP contribution in [0.4, 0.5) is 0 Å². The van der Waals surface area contributed by atoms with Gasteiger partial charge in [0, 0.05) is 17.5 Å². The number of fused-ring (bicyclic) bond motifs is 1. The van der Waals surface area contributed by atoms with Gasteiger partial charge in [-0.2, -0.15) is 0 Å². The number of pyridine rings is 1. The lowest BCUT2D eigenvalue weighted by Gasteiger charge is -2.21. The standard InChI is InChI=1S/C17H22N2O/c1-13(10-19-17(2,3)4)12-20-15-9-14-7-5-6-8-16(14)18-11-15/h5-9,11,19H,1,10,12H2,2-4H3. The maximum Gasteiger partial charge on any atom is 0.138 e. The molecule has 3 heteroatoms. The Bertz CT molecular complexity index is 599. The molecule has 1 N–H and O–H groups in total. The van der Waals surface area contributed by atoms with E-state index in [2.05, 4.69) is 37.7 Å². The van der Waals surface area contributed by atoms with E-state index >= 15 is 0 Å². The van der Waals surface area contributed by atoms with Gasteiger partial charge in [0.25, 0.3) is 0 Å². The highest BCUT2D eigenvalue weighted by atomic mass is 16.5. The number of nitrogens with zero attached hydrogens (tertiary/aromatic N) is 1. The van der Waals surface area contributed by atoms with Gasteiger partial charge in [-0.05, 0) is 38.5 Å². The molecule has 0 saturated carbocycles. The van der Waals surface area contributed by atoms with Crippen molar-refractivity contribution in [3.8, 4) is 5.75 Å². The van der Waals surface area contributed by atoms with Gasteiger partial charge in [-0.15, -0.1) is 0 Å². The fourth-order valence-corrected chi connectivity index (χ4v) is 1.76.